The molecule has 2 rings (SSSR count). The van der Waals surface area contributed by atoms with Crippen molar-refractivity contribution < 1.29 is 17.9 Å². The zero-order valence-electron chi connectivity index (χ0n) is 11.5. The largest absolute Gasteiger partial charge is 0.481 e. The number of anilines is 1. The summed E-state index contributed by atoms with van der Waals surface area (Å²) in [6.45, 7) is -0.925. The number of nitrogens with zero attached hydrogens (tertiary/aromatic N) is 5. The molecule has 6 nitrogen and oxygen atoms in total. The summed E-state index contributed by atoms with van der Waals surface area (Å²) >= 11 is 0. The van der Waals surface area contributed by atoms with E-state index in [1.807, 2.05) is 0 Å². The Morgan fingerprint density at radius 3 is 2.71 bits per heavy atom. The highest BCUT2D eigenvalue weighted by atomic mass is 19.4. The van der Waals surface area contributed by atoms with Gasteiger partial charge in [0.25, 0.3) is 0 Å². The third-order valence-electron chi connectivity index (χ3n) is 2.70. The Morgan fingerprint density at radius 2 is 2.05 bits per heavy atom. The predicted octanol–water partition coefficient (Wildman–Crippen LogP) is 1.88. The molecule has 0 atom stereocenters. The summed E-state index contributed by atoms with van der Waals surface area (Å²) in [4.78, 5) is 13.7. The van der Waals surface area contributed by atoms with Gasteiger partial charge in [0.1, 0.15) is 12.4 Å². The molecule has 2 heterocycles. The van der Waals surface area contributed by atoms with Crippen molar-refractivity contribution in [1.82, 2.24) is 19.5 Å². The van der Waals surface area contributed by atoms with Gasteiger partial charge in [-0.2, -0.15) is 18.2 Å². The summed E-state index contributed by atoms with van der Waals surface area (Å²) in [5, 5.41) is 0. The Bertz CT molecular complexity index is 599. The highest BCUT2D eigenvalue weighted by molar-refractivity contribution is 5.31. The molecule has 0 amide bonds. The van der Waals surface area contributed by atoms with E-state index < -0.39 is 12.7 Å². The van der Waals surface area contributed by atoms with Gasteiger partial charge >= 0.3 is 6.18 Å². The van der Waals surface area contributed by atoms with Gasteiger partial charge in [0.05, 0.1) is 13.7 Å². The van der Waals surface area contributed by atoms with Gasteiger partial charge < -0.3 is 14.2 Å². The number of imidazole rings is 1. The average molecular weight is 301 g/mol. The quantitative estimate of drug-likeness (QED) is 0.844. The third kappa shape index (κ3) is 4.07. The minimum Gasteiger partial charge on any atom is -0.481 e. The molecule has 2 aromatic rings. The van der Waals surface area contributed by atoms with E-state index in [-0.39, 0.29) is 12.4 Å². The second kappa shape index (κ2) is 5.98. The fourth-order valence-corrected chi connectivity index (χ4v) is 1.74. The molecule has 0 unspecified atom stereocenters. The number of ether oxygens (including phenoxy) is 1. The molecule has 2 aromatic heterocycles. The Morgan fingerprint density at radius 1 is 1.29 bits per heavy atom. The Balaban J connectivity index is 2.12. The van der Waals surface area contributed by atoms with Gasteiger partial charge in [0.2, 0.25) is 11.8 Å². The lowest BCUT2D eigenvalue weighted by molar-refractivity contribution is -0.141. The first-order valence-electron chi connectivity index (χ1n) is 6.04. The number of halogens is 3. The molecular weight excluding hydrogens is 287 g/mol. The normalized spacial score (nSPS) is 11.5. The molecule has 0 N–H and O–H groups in total. The monoisotopic (exact) mass is 301 g/mol. The molecular formula is C12H14F3N5O. The van der Waals surface area contributed by atoms with Crippen LogP contribution in [0.2, 0.25) is 0 Å². The second-order valence-corrected chi connectivity index (χ2v) is 4.34. The maximum absolute atomic E-state index is 12.5. The number of alkyl halides is 3. The van der Waals surface area contributed by atoms with Crippen LogP contribution in [0.25, 0.3) is 0 Å². The third-order valence-corrected chi connectivity index (χ3v) is 2.70. The van der Waals surface area contributed by atoms with Crippen LogP contribution in [0, 0.1) is 0 Å². The summed E-state index contributed by atoms with van der Waals surface area (Å²) in [6, 6.07) is 1.59. The van der Waals surface area contributed by atoms with Crippen LogP contribution in [-0.2, 0) is 13.1 Å². The molecule has 0 bridgehead atoms. The lowest BCUT2D eigenvalue weighted by Crippen LogP contribution is -2.24. The Hall–Kier alpha value is -2.32. The molecule has 0 saturated heterocycles. The maximum atomic E-state index is 12.5. The van der Waals surface area contributed by atoms with Crippen molar-refractivity contribution in [3.05, 3.63) is 30.5 Å². The van der Waals surface area contributed by atoms with Gasteiger partial charge in [-0.3, -0.25) is 0 Å². The minimum atomic E-state index is -4.29. The second-order valence-electron chi connectivity index (χ2n) is 4.34. The van der Waals surface area contributed by atoms with Gasteiger partial charge in [-0.15, -0.1) is 0 Å². The molecule has 0 aliphatic heterocycles. The summed E-state index contributed by atoms with van der Waals surface area (Å²) in [6.07, 6.45) is -0.148. The van der Waals surface area contributed by atoms with Crippen LogP contribution < -0.4 is 9.64 Å². The van der Waals surface area contributed by atoms with Gasteiger partial charge in [0.15, 0.2) is 0 Å². The van der Waals surface area contributed by atoms with Gasteiger partial charge in [-0.25, -0.2) is 9.97 Å². The van der Waals surface area contributed by atoms with E-state index in [2.05, 4.69) is 15.0 Å². The number of hydrogen-bond donors (Lipinski definition) is 0. The first-order valence-corrected chi connectivity index (χ1v) is 6.04. The predicted molar refractivity (Wildman–Crippen MR) is 69.0 cm³/mol. The van der Waals surface area contributed by atoms with Crippen LogP contribution in [0.15, 0.2) is 24.7 Å². The Kier molecular flexibility index (Phi) is 4.29. The van der Waals surface area contributed by atoms with Crippen molar-refractivity contribution in [1.29, 1.82) is 0 Å². The van der Waals surface area contributed by atoms with E-state index in [0.29, 0.717) is 11.8 Å². The van der Waals surface area contributed by atoms with E-state index in [0.717, 1.165) is 4.57 Å². The van der Waals surface area contributed by atoms with Gasteiger partial charge in [0, 0.05) is 31.7 Å². The molecule has 0 aliphatic carbocycles. The number of hydrogen-bond acceptors (Lipinski definition) is 5. The lowest BCUT2D eigenvalue weighted by atomic mass is 10.5. The van der Waals surface area contributed by atoms with Crippen molar-refractivity contribution in [3.8, 4) is 5.88 Å². The zero-order valence-corrected chi connectivity index (χ0v) is 11.5. The lowest BCUT2D eigenvalue weighted by Gasteiger charge is -2.18. The van der Waals surface area contributed by atoms with Crippen LogP contribution in [0.1, 0.15) is 5.82 Å². The SMILES string of the molecule is COc1ccnc(N(C)Cc2nccn2CC(F)(F)F)n1. The van der Waals surface area contributed by atoms with E-state index in [1.165, 1.54) is 25.7 Å². The first kappa shape index (κ1) is 15.1. The molecule has 0 aromatic carbocycles. The average Bonchev–Trinajstić information content (AvgIpc) is 2.84. The standard InChI is InChI=1S/C12H14F3N5O/c1-19(11-17-4-3-10(18-11)21-2)7-9-16-5-6-20(9)8-12(13,14)15/h3-6H,7-8H2,1-2H3. The Labute approximate surface area is 119 Å². The molecule has 0 spiro atoms. The summed E-state index contributed by atoms with van der Waals surface area (Å²) in [5.74, 6) is 1.00. The van der Waals surface area contributed by atoms with Crippen LogP contribution in [-0.4, -0.2) is 39.9 Å². The molecule has 0 radical (unpaired) electrons. The first-order chi connectivity index (χ1) is 9.89. The van der Waals surface area contributed by atoms with Crippen LogP contribution >= 0.6 is 0 Å². The molecule has 0 fully saturated rings. The van der Waals surface area contributed by atoms with Gasteiger partial charge in [-0.05, 0) is 0 Å². The minimum absolute atomic E-state index is 0.149. The van der Waals surface area contributed by atoms with Crippen LogP contribution in [0.5, 0.6) is 5.88 Å². The molecule has 9 heteroatoms. The summed E-state index contributed by atoms with van der Waals surface area (Å²) in [5.41, 5.74) is 0. The van der Waals surface area contributed by atoms with Crippen LogP contribution in [0.3, 0.4) is 0 Å². The number of rotatable bonds is 5. The van der Waals surface area contributed by atoms with E-state index in [1.54, 1.807) is 18.0 Å². The fourth-order valence-electron chi connectivity index (χ4n) is 1.74. The number of methoxy groups -OCH3 is 1. The highest BCUT2D eigenvalue weighted by Crippen LogP contribution is 2.19. The smallest absolute Gasteiger partial charge is 0.406 e. The molecule has 114 valence electrons. The van der Waals surface area contributed by atoms with Gasteiger partial charge in [-0.1, -0.05) is 0 Å². The molecule has 0 saturated carbocycles. The molecule has 21 heavy (non-hydrogen) atoms. The fraction of sp³-hybridized carbons (Fsp3) is 0.417. The van der Waals surface area contributed by atoms with Crippen molar-refractivity contribution in [3.63, 3.8) is 0 Å². The van der Waals surface area contributed by atoms with Crippen molar-refractivity contribution in [2.24, 2.45) is 0 Å². The number of aromatic nitrogens is 4. The zero-order chi connectivity index (χ0) is 15.5. The van der Waals surface area contributed by atoms with E-state index >= 15 is 0 Å². The maximum Gasteiger partial charge on any atom is 0.406 e. The van der Waals surface area contributed by atoms with E-state index in [9.17, 15) is 13.2 Å². The molecule has 0 aliphatic rings. The van der Waals surface area contributed by atoms with Crippen molar-refractivity contribution >= 4 is 5.95 Å². The summed E-state index contributed by atoms with van der Waals surface area (Å²) < 4.78 is 43.4. The van der Waals surface area contributed by atoms with Crippen LogP contribution in [0.4, 0.5) is 19.1 Å². The van der Waals surface area contributed by atoms with Crippen molar-refractivity contribution in [2.75, 3.05) is 19.1 Å². The van der Waals surface area contributed by atoms with Crippen molar-refractivity contribution in [2.45, 2.75) is 19.3 Å². The highest BCUT2D eigenvalue weighted by Gasteiger charge is 2.29. The topological polar surface area (TPSA) is 56.1 Å². The summed E-state index contributed by atoms with van der Waals surface area (Å²) in [7, 11) is 3.14. The van der Waals surface area contributed by atoms with E-state index in [4.69, 9.17) is 4.74 Å².